The summed E-state index contributed by atoms with van der Waals surface area (Å²) >= 11 is 6.46. The minimum Gasteiger partial charge on any atom is -0.434 e. The van der Waals surface area contributed by atoms with E-state index in [0.717, 1.165) is 30.3 Å². The molecule has 0 bridgehead atoms. The Bertz CT molecular complexity index is 1110. The highest BCUT2D eigenvalue weighted by Crippen LogP contribution is 2.35. The van der Waals surface area contributed by atoms with Crippen molar-refractivity contribution in [3.8, 4) is 5.75 Å². The summed E-state index contributed by atoms with van der Waals surface area (Å²) in [4.78, 5) is 29.3. The summed E-state index contributed by atoms with van der Waals surface area (Å²) in [5, 5.41) is 0. The molecule has 0 spiro atoms. The number of alkyl halides is 2. The number of carbonyl (C=O) groups excluding carboxylic acids is 2. The first-order valence-corrected chi connectivity index (χ1v) is 11.8. The van der Waals surface area contributed by atoms with E-state index in [-0.39, 0.29) is 17.6 Å². The van der Waals surface area contributed by atoms with Crippen LogP contribution >= 0.6 is 24.0 Å². The molecule has 2 aromatic carbocycles. The van der Waals surface area contributed by atoms with Crippen LogP contribution in [0, 0.1) is 0 Å². The number of para-hydroxylation sites is 2. The van der Waals surface area contributed by atoms with Gasteiger partial charge in [0.05, 0.1) is 4.91 Å². The van der Waals surface area contributed by atoms with Crippen molar-refractivity contribution in [3.05, 3.63) is 64.6 Å². The van der Waals surface area contributed by atoms with E-state index < -0.39 is 6.61 Å². The van der Waals surface area contributed by atoms with E-state index in [0.29, 0.717) is 40.7 Å². The third kappa shape index (κ3) is 5.42. The van der Waals surface area contributed by atoms with Crippen molar-refractivity contribution in [2.75, 3.05) is 18.0 Å². The molecule has 0 aromatic heterocycles. The molecule has 2 heterocycles. The fraction of sp³-hybridized carbons (Fsp3) is 0.292. The minimum atomic E-state index is -2.96. The van der Waals surface area contributed by atoms with Crippen molar-refractivity contribution < 1.29 is 23.1 Å². The van der Waals surface area contributed by atoms with Crippen molar-refractivity contribution in [2.24, 2.45) is 0 Å². The molecular formula is C24H22F2N2O3S2. The minimum absolute atomic E-state index is 0.00909. The Kier molecular flexibility index (Phi) is 7.39. The van der Waals surface area contributed by atoms with Crippen LogP contribution in [0.25, 0.3) is 6.08 Å². The molecule has 2 aliphatic rings. The fourth-order valence-electron chi connectivity index (χ4n) is 3.95. The van der Waals surface area contributed by atoms with E-state index in [1.807, 2.05) is 29.2 Å². The number of fused-ring (bicyclic) bond motifs is 1. The van der Waals surface area contributed by atoms with Crippen LogP contribution in [0.1, 0.15) is 30.4 Å². The Labute approximate surface area is 200 Å². The van der Waals surface area contributed by atoms with E-state index >= 15 is 0 Å². The van der Waals surface area contributed by atoms with Gasteiger partial charge in [0, 0.05) is 30.8 Å². The van der Waals surface area contributed by atoms with Crippen LogP contribution in [0.5, 0.6) is 5.75 Å². The van der Waals surface area contributed by atoms with Crippen molar-refractivity contribution in [1.82, 2.24) is 4.90 Å². The SMILES string of the molecule is O=C1/C(=C/c2ccccc2OC(F)F)SC(=S)N1CCCC(=O)N1CCCc2ccccc21. The molecule has 0 N–H and O–H groups in total. The zero-order valence-electron chi connectivity index (χ0n) is 17.7. The summed E-state index contributed by atoms with van der Waals surface area (Å²) < 4.78 is 30.2. The standard InChI is InChI=1S/C24H22F2N2O3S2/c25-23(26)31-19-11-4-2-8-17(19)15-20-22(30)28(24(32)33-20)14-6-12-21(29)27-13-5-9-16-7-1-3-10-18(16)27/h1-4,7-8,10-11,15,23H,5-6,9,12-14H2/b20-15-. The van der Waals surface area contributed by atoms with Gasteiger partial charge in [0.15, 0.2) is 0 Å². The van der Waals surface area contributed by atoms with Crippen LogP contribution in [-0.2, 0) is 16.0 Å². The summed E-state index contributed by atoms with van der Waals surface area (Å²) in [5.74, 6) is -0.279. The number of ether oxygens (including phenoxy) is 1. The molecule has 9 heteroatoms. The highest BCUT2D eigenvalue weighted by Gasteiger charge is 2.32. The van der Waals surface area contributed by atoms with Gasteiger partial charge in [-0.1, -0.05) is 60.4 Å². The smallest absolute Gasteiger partial charge is 0.387 e. The van der Waals surface area contributed by atoms with Crippen molar-refractivity contribution in [1.29, 1.82) is 0 Å². The number of hydrogen-bond acceptors (Lipinski definition) is 5. The molecule has 4 rings (SSSR count). The molecule has 1 fully saturated rings. The van der Waals surface area contributed by atoms with Crippen LogP contribution in [0.4, 0.5) is 14.5 Å². The molecule has 0 unspecified atom stereocenters. The number of anilines is 1. The number of aryl methyl sites for hydroxylation is 1. The van der Waals surface area contributed by atoms with Gasteiger partial charge in [0.25, 0.3) is 5.91 Å². The van der Waals surface area contributed by atoms with Gasteiger partial charge in [0.2, 0.25) is 5.91 Å². The first-order chi connectivity index (χ1) is 15.9. The van der Waals surface area contributed by atoms with E-state index in [1.165, 1.54) is 22.6 Å². The average Bonchev–Trinajstić information content (AvgIpc) is 3.07. The average molecular weight is 489 g/mol. The summed E-state index contributed by atoms with van der Waals surface area (Å²) in [7, 11) is 0. The second-order valence-corrected chi connectivity index (χ2v) is 9.31. The lowest BCUT2D eigenvalue weighted by atomic mass is 10.0. The number of benzene rings is 2. The molecule has 2 amide bonds. The normalized spacial score (nSPS) is 17.1. The Hall–Kier alpha value is -2.78. The second-order valence-electron chi connectivity index (χ2n) is 7.63. The lowest BCUT2D eigenvalue weighted by Crippen LogP contribution is -2.36. The predicted molar refractivity (Wildman–Crippen MR) is 129 cm³/mol. The highest BCUT2D eigenvalue weighted by atomic mass is 32.2. The number of thioether (sulfide) groups is 1. The second kappa shape index (κ2) is 10.4. The van der Waals surface area contributed by atoms with E-state index in [9.17, 15) is 18.4 Å². The number of carbonyl (C=O) groups is 2. The van der Waals surface area contributed by atoms with Gasteiger partial charge in [0.1, 0.15) is 10.1 Å². The fourth-order valence-corrected chi connectivity index (χ4v) is 5.25. The molecule has 33 heavy (non-hydrogen) atoms. The number of nitrogens with zero attached hydrogens (tertiary/aromatic N) is 2. The Morgan fingerprint density at radius 3 is 2.76 bits per heavy atom. The first kappa shape index (κ1) is 23.4. The van der Waals surface area contributed by atoms with Gasteiger partial charge < -0.3 is 9.64 Å². The Morgan fingerprint density at radius 1 is 1.18 bits per heavy atom. The topological polar surface area (TPSA) is 49.9 Å². The van der Waals surface area contributed by atoms with Gasteiger partial charge >= 0.3 is 6.61 Å². The van der Waals surface area contributed by atoms with Gasteiger partial charge in [-0.3, -0.25) is 14.5 Å². The Morgan fingerprint density at radius 2 is 1.94 bits per heavy atom. The van der Waals surface area contributed by atoms with Gasteiger partial charge in [-0.15, -0.1) is 0 Å². The van der Waals surface area contributed by atoms with Crippen molar-refractivity contribution >= 4 is 51.9 Å². The van der Waals surface area contributed by atoms with Crippen LogP contribution in [0.2, 0.25) is 0 Å². The van der Waals surface area contributed by atoms with Gasteiger partial charge in [-0.05, 0) is 43.0 Å². The zero-order valence-corrected chi connectivity index (χ0v) is 19.3. The van der Waals surface area contributed by atoms with Gasteiger partial charge in [-0.2, -0.15) is 8.78 Å². The molecule has 1 saturated heterocycles. The van der Waals surface area contributed by atoms with E-state index in [1.54, 1.807) is 18.2 Å². The number of halogens is 2. The van der Waals surface area contributed by atoms with E-state index in [4.69, 9.17) is 12.2 Å². The quantitative estimate of drug-likeness (QED) is 0.394. The number of amides is 2. The number of hydrogen-bond donors (Lipinski definition) is 0. The largest absolute Gasteiger partial charge is 0.434 e. The van der Waals surface area contributed by atoms with Crippen LogP contribution in [-0.4, -0.2) is 40.7 Å². The predicted octanol–water partition coefficient (Wildman–Crippen LogP) is 5.25. The maximum absolute atomic E-state index is 12.9. The number of thiocarbonyl (C=S) groups is 1. The summed E-state index contributed by atoms with van der Waals surface area (Å²) in [6.07, 6.45) is 4.18. The monoisotopic (exact) mass is 488 g/mol. The first-order valence-electron chi connectivity index (χ1n) is 10.6. The van der Waals surface area contributed by atoms with Crippen molar-refractivity contribution in [2.45, 2.75) is 32.3 Å². The third-order valence-electron chi connectivity index (χ3n) is 5.48. The third-order valence-corrected chi connectivity index (χ3v) is 6.86. The molecule has 2 aromatic rings. The van der Waals surface area contributed by atoms with Gasteiger partial charge in [-0.25, -0.2) is 0 Å². The van der Waals surface area contributed by atoms with Crippen LogP contribution < -0.4 is 9.64 Å². The molecule has 0 saturated carbocycles. The lowest BCUT2D eigenvalue weighted by Gasteiger charge is -2.29. The van der Waals surface area contributed by atoms with Crippen molar-refractivity contribution in [3.63, 3.8) is 0 Å². The van der Waals surface area contributed by atoms with Crippen LogP contribution in [0.3, 0.4) is 0 Å². The molecule has 0 aliphatic carbocycles. The molecule has 0 atom stereocenters. The summed E-state index contributed by atoms with van der Waals surface area (Å²) in [6, 6.07) is 14.2. The molecule has 0 radical (unpaired) electrons. The highest BCUT2D eigenvalue weighted by molar-refractivity contribution is 8.26. The maximum atomic E-state index is 12.9. The zero-order chi connectivity index (χ0) is 23.4. The lowest BCUT2D eigenvalue weighted by molar-refractivity contribution is -0.123. The summed E-state index contributed by atoms with van der Waals surface area (Å²) in [5.41, 5.74) is 2.51. The molecule has 5 nitrogen and oxygen atoms in total. The van der Waals surface area contributed by atoms with Crippen LogP contribution in [0.15, 0.2) is 53.4 Å². The molecule has 172 valence electrons. The molecular weight excluding hydrogens is 466 g/mol. The Balaban J connectivity index is 1.38. The summed E-state index contributed by atoms with van der Waals surface area (Å²) in [6.45, 7) is -1.95. The molecule has 2 aliphatic heterocycles. The number of rotatable bonds is 7. The van der Waals surface area contributed by atoms with E-state index in [2.05, 4.69) is 4.74 Å². The maximum Gasteiger partial charge on any atom is 0.387 e.